The van der Waals surface area contributed by atoms with Crippen molar-refractivity contribution in [2.24, 2.45) is 0 Å². The number of amides is 3. The average Bonchev–Trinajstić information content (AvgIpc) is 3.22. The maximum atomic E-state index is 12.7. The van der Waals surface area contributed by atoms with Crippen LogP contribution < -0.4 is 10.2 Å². The molecule has 3 aromatic rings. The molecule has 2 heterocycles. The molecule has 34 heavy (non-hydrogen) atoms. The van der Waals surface area contributed by atoms with E-state index < -0.39 is 0 Å². The fourth-order valence-corrected chi connectivity index (χ4v) is 4.07. The lowest BCUT2D eigenvalue weighted by Gasteiger charge is -2.27. The molecule has 176 valence electrons. The minimum Gasteiger partial charge on any atom is -0.345 e. The van der Waals surface area contributed by atoms with Crippen molar-refractivity contribution in [1.82, 2.24) is 14.7 Å². The summed E-state index contributed by atoms with van der Waals surface area (Å²) in [4.78, 5) is 40.7. The van der Waals surface area contributed by atoms with Crippen LogP contribution in [0.3, 0.4) is 0 Å². The van der Waals surface area contributed by atoms with Gasteiger partial charge in [0.1, 0.15) is 5.82 Å². The smallest absolute Gasteiger partial charge is 0.253 e. The van der Waals surface area contributed by atoms with E-state index in [4.69, 9.17) is 0 Å². The first-order valence-electron chi connectivity index (χ1n) is 11.4. The van der Waals surface area contributed by atoms with Gasteiger partial charge >= 0.3 is 0 Å². The van der Waals surface area contributed by atoms with Gasteiger partial charge in [0.15, 0.2) is 0 Å². The first kappa shape index (κ1) is 23.2. The Morgan fingerprint density at radius 3 is 2.47 bits per heavy atom. The van der Waals surface area contributed by atoms with Crippen LogP contribution in [0.15, 0.2) is 54.6 Å². The Bertz CT molecular complexity index is 1210. The summed E-state index contributed by atoms with van der Waals surface area (Å²) >= 11 is 0. The first-order chi connectivity index (χ1) is 16.3. The molecule has 0 atom stereocenters. The second kappa shape index (κ2) is 9.91. The molecule has 3 amide bonds. The number of aromatic nitrogens is 2. The molecule has 1 aliphatic heterocycles. The van der Waals surface area contributed by atoms with Crippen molar-refractivity contribution in [1.29, 1.82) is 0 Å². The second-order valence-corrected chi connectivity index (χ2v) is 8.67. The van der Waals surface area contributed by atoms with Gasteiger partial charge in [0.05, 0.1) is 5.69 Å². The molecule has 0 aliphatic carbocycles. The van der Waals surface area contributed by atoms with E-state index in [-0.39, 0.29) is 30.6 Å². The maximum absolute atomic E-state index is 12.7. The fraction of sp³-hybridized carbons (Fsp3) is 0.308. The molecule has 0 unspecified atom stereocenters. The molecule has 0 bridgehead atoms. The Morgan fingerprint density at radius 2 is 1.74 bits per heavy atom. The third kappa shape index (κ3) is 5.17. The number of carbonyl (C=O) groups excluding carboxylic acids is 3. The van der Waals surface area contributed by atoms with Gasteiger partial charge in [-0.2, -0.15) is 5.10 Å². The standard InChI is InChI=1S/C26H29N5O3/c1-18-16-24-30(14-5-15-31(24)28-18)25(33)13-12-23(32)27-22-10-8-19(9-11-22)20-6-4-7-21(17-20)26(34)29(2)3/h4,6-11,16-17H,5,12-15H2,1-3H3,(H,27,32). The third-order valence-corrected chi connectivity index (χ3v) is 5.79. The molecule has 0 saturated carbocycles. The number of rotatable bonds is 6. The van der Waals surface area contributed by atoms with Crippen LogP contribution in [-0.2, 0) is 16.1 Å². The highest BCUT2D eigenvalue weighted by Crippen LogP contribution is 2.24. The fourth-order valence-electron chi connectivity index (χ4n) is 4.07. The molecule has 0 radical (unpaired) electrons. The van der Waals surface area contributed by atoms with Gasteiger partial charge in [0.25, 0.3) is 5.91 Å². The number of hydrogen-bond donors (Lipinski definition) is 1. The molecule has 0 fully saturated rings. The average molecular weight is 460 g/mol. The highest BCUT2D eigenvalue weighted by Gasteiger charge is 2.24. The summed E-state index contributed by atoms with van der Waals surface area (Å²) in [6, 6.07) is 16.8. The van der Waals surface area contributed by atoms with Crippen molar-refractivity contribution in [2.45, 2.75) is 32.7 Å². The second-order valence-electron chi connectivity index (χ2n) is 8.67. The number of nitrogens with zero attached hydrogens (tertiary/aromatic N) is 4. The number of aryl methyl sites for hydroxylation is 2. The van der Waals surface area contributed by atoms with Gasteiger partial charge in [0, 0.05) is 57.3 Å². The maximum Gasteiger partial charge on any atom is 0.253 e. The monoisotopic (exact) mass is 459 g/mol. The van der Waals surface area contributed by atoms with E-state index in [1.165, 1.54) is 0 Å². The third-order valence-electron chi connectivity index (χ3n) is 5.79. The van der Waals surface area contributed by atoms with E-state index in [9.17, 15) is 14.4 Å². The van der Waals surface area contributed by atoms with Crippen molar-refractivity contribution in [3.63, 3.8) is 0 Å². The number of carbonyl (C=O) groups is 3. The molecular weight excluding hydrogens is 430 g/mol. The molecule has 1 aromatic heterocycles. The van der Waals surface area contributed by atoms with Crippen LogP contribution in [0.1, 0.15) is 35.3 Å². The molecule has 2 aromatic carbocycles. The van der Waals surface area contributed by atoms with Crippen LogP contribution >= 0.6 is 0 Å². The predicted molar refractivity (Wildman–Crippen MR) is 132 cm³/mol. The minimum atomic E-state index is -0.207. The summed E-state index contributed by atoms with van der Waals surface area (Å²) in [5, 5.41) is 7.27. The van der Waals surface area contributed by atoms with Gasteiger partial charge in [-0.3, -0.25) is 19.3 Å². The molecular formula is C26H29N5O3. The lowest BCUT2D eigenvalue weighted by molar-refractivity contribution is -0.122. The van der Waals surface area contributed by atoms with Crippen LogP contribution in [0.4, 0.5) is 11.5 Å². The van der Waals surface area contributed by atoms with Gasteiger partial charge in [0.2, 0.25) is 11.8 Å². The normalized spacial score (nSPS) is 12.7. The van der Waals surface area contributed by atoms with E-state index in [0.717, 1.165) is 35.6 Å². The number of nitrogens with one attached hydrogen (secondary N) is 1. The Balaban J connectivity index is 1.34. The highest BCUT2D eigenvalue weighted by atomic mass is 16.2. The van der Waals surface area contributed by atoms with Gasteiger partial charge in [-0.1, -0.05) is 24.3 Å². The Kier molecular flexibility index (Phi) is 6.77. The van der Waals surface area contributed by atoms with Crippen molar-refractivity contribution < 1.29 is 14.4 Å². The Labute approximate surface area is 199 Å². The lowest BCUT2D eigenvalue weighted by atomic mass is 10.0. The Hall–Kier alpha value is -3.94. The minimum absolute atomic E-state index is 0.0515. The van der Waals surface area contributed by atoms with Crippen molar-refractivity contribution in [3.8, 4) is 11.1 Å². The van der Waals surface area contributed by atoms with Gasteiger partial charge < -0.3 is 10.2 Å². The summed E-state index contributed by atoms with van der Waals surface area (Å²) in [6.07, 6.45) is 1.10. The molecule has 8 nitrogen and oxygen atoms in total. The van der Waals surface area contributed by atoms with Gasteiger partial charge in [-0.15, -0.1) is 0 Å². The van der Waals surface area contributed by atoms with Crippen LogP contribution in [0.2, 0.25) is 0 Å². The SMILES string of the molecule is Cc1cc2n(n1)CCCN2C(=O)CCC(=O)Nc1ccc(-c2cccc(C(=O)N(C)C)c2)cc1. The van der Waals surface area contributed by atoms with Crippen molar-refractivity contribution >= 4 is 29.2 Å². The number of anilines is 2. The first-order valence-corrected chi connectivity index (χ1v) is 11.4. The zero-order chi connectivity index (χ0) is 24.2. The van der Waals surface area contributed by atoms with E-state index in [2.05, 4.69) is 10.4 Å². The number of benzene rings is 2. The van der Waals surface area contributed by atoms with Crippen LogP contribution in [0, 0.1) is 6.92 Å². The van der Waals surface area contributed by atoms with Crippen molar-refractivity contribution in [2.75, 3.05) is 30.9 Å². The molecule has 8 heteroatoms. The molecule has 1 N–H and O–H groups in total. The highest BCUT2D eigenvalue weighted by molar-refractivity contribution is 5.98. The van der Waals surface area contributed by atoms with Crippen LogP contribution in [0.25, 0.3) is 11.1 Å². The van der Waals surface area contributed by atoms with Gasteiger partial charge in [-0.25, -0.2) is 4.68 Å². The molecule has 1 aliphatic rings. The quantitative estimate of drug-likeness (QED) is 0.609. The zero-order valence-electron chi connectivity index (χ0n) is 19.7. The summed E-state index contributed by atoms with van der Waals surface area (Å²) in [5.74, 6) is 0.477. The predicted octanol–water partition coefficient (Wildman–Crippen LogP) is 3.72. The number of fused-ring (bicyclic) bond motifs is 1. The summed E-state index contributed by atoms with van der Waals surface area (Å²) in [5.41, 5.74) is 4.03. The summed E-state index contributed by atoms with van der Waals surface area (Å²) < 4.78 is 1.85. The summed E-state index contributed by atoms with van der Waals surface area (Å²) in [6.45, 7) is 3.36. The zero-order valence-corrected chi connectivity index (χ0v) is 19.7. The van der Waals surface area contributed by atoms with E-state index in [1.807, 2.05) is 60.1 Å². The molecule has 0 spiro atoms. The topological polar surface area (TPSA) is 87.5 Å². The van der Waals surface area contributed by atoms with E-state index >= 15 is 0 Å². The van der Waals surface area contributed by atoms with E-state index in [0.29, 0.717) is 17.8 Å². The van der Waals surface area contributed by atoms with Crippen LogP contribution in [-0.4, -0.2) is 53.0 Å². The van der Waals surface area contributed by atoms with E-state index in [1.54, 1.807) is 30.0 Å². The molecule has 4 rings (SSSR count). The summed E-state index contributed by atoms with van der Waals surface area (Å²) in [7, 11) is 3.45. The molecule has 0 saturated heterocycles. The van der Waals surface area contributed by atoms with Crippen molar-refractivity contribution in [3.05, 3.63) is 65.9 Å². The number of hydrogen-bond acceptors (Lipinski definition) is 4. The van der Waals surface area contributed by atoms with Gasteiger partial charge in [-0.05, 0) is 48.7 Å². The Morgan fingerprint density at radius 1 is 0.971 bits per heavy atom. The lowest BCUT2D eigenvalue weighted by Crippen LogP contribution is -2.37. The van der Waals surface area contributed by atoms with Crippen LogP contribution in [0.5, 0.6) is 0 Å². The largest absolute Gasteiger partial charge is 0.345 e.